The van der Waals surface area contributed by atoms with Crippen molar-refractivity contribution in [1.82, 2.24) is 0 Å². The molecule has 0 unspecified atom stereocenters. The average Bonchev–Trinajstić information content (AvgIpc) is 2.98. The third-order valence-corrected chi connectivity index (χ3v) is 5.58. The number of ether oxygens (including phenoxy) is 2. The molecular weight excluding hydrogens is 386 g/mol. The Labute approximate surface area is 166 Å². The maximum absolute atomic E-state index is 12.7. The lowest BCUT2D eigenvalue weighted by atomic mass is 9.82. The third kappa shape index (κ3) is 4.59. The van der Waals surface area contributed by atoms with Crippen LogP contribution in [0.1, 0.15) is 52.3 Å². The van der Waals surface area contributed by atoms with Crippen LogP contribution in [0.3, 0.4) is 0 Å². The number of carbonyl (C=O) groups is 4. The molecule has 1 aliphatic carbocycles. The van der Waals surface area contributed by atoms with E-state index in [1.165, 1.54) is 0 Å². The van der Waals surface area contributed by atoms with Gasteiger partial charge in [-0.05, 0) is 39.2 Å². The van der Waals surface area contributed by atoms with Crippen LogP contribution in [0.15, 0.2) is 12.2 Å². The number of aliphatic carboxylic acids is 1. The Kier molecular flexibility index (Phi) is 7.33. The maximum Gasteiger partial charge on any atom is 0.348 e. The van der Waals surface area contributed by atoms with Crippen molar-refractivity contribution < 1.29 is 33.8 Å². The molecule has 1 aliphatic rings. The Hall–Kier alpha value is -2.68. The molecule has 0 bridgehead atoms. The Morgan fingerprint density at radius 2 is 1.64 bits per heavy atom. The van der Waals surface area contributed by atoms with Gasteiger partial charge in [-0.25, -0.2) is 9.59 Å². The molecule has 0 radical (unpaired) electrons. The highest BCUT2D eigenvalue weighted by molar-refractivity contribution is 7.18. The van der Waals surface area contributed by atoms with E-state index in [0.29, 0.717) is 5.56 Å². The van der Waals surface area contributed by atoms with E-state index in [0.717, 1.165) is 11.3 Å². The quantitative estimate of drug-likeness (QED) is 0.538. The molecule has 9 heteroatoms. The highest BCUT2D eigenvalue weighted by atomic mass is 32.1. The van der Waals surface area contributed by atoms with Crippen LogP contribution in [0, 0.1) is 18.8 Å². The van der Waals surface area contributed by atoms with Gasteiger partial charge >= 0.3 is 11.9 Å². The minimum Gasteiger partial charge on any atom is -0.550 e. The topological polar surface area (TPSA) is 122 Å². The summed E-state index contributed by atoms with van der Waals surface area (Å²) in [7, 11) is 0. The van der Waals surface area contributed by atoms with Crippen molar-refractivity contribution in [3.63, 3.8) is 0 Å². The fraction of sp³-hybridized carbons (Fsp3) is 0.474. The number of thiophene rings is 1. The monoisotopic (exact) mass is 408 g/mol. The van der Waals surface area contributed by atoms with Gasteiger partial charge in [0.2, 0.25) is 5.91 Å². The van der Waals surface area contributed by atoms with Crippen LogP contribution in [0.2, 0.25) is 0 Å². The summed E-state index contributed by atoms with van der Waals surface area (Å²) in [5.41, 5.74) is 0.414. The first-order chi connectivity index (χ1) is 13.3. The van der Waals surface area contributed by atoms with Crippen molar-refractivity contribution in [3.8, 4) is 0 Å². The molecule has 1 heterocycles. The number of esters is 2. The van der Waals surface area contributed by atoms with Gasteiger partial charge in [-0.3, -0.25) is 4.79 Å². The second-order valence-electron chi connectivity index (χ2n) is 6.17. The number of amides is 1. The normalized spacial score (nSPS) is 18.4. The lowest BCUT2D eigenvalue weighted by Crippen LogP contribution is -2.41. The second kappa shape index (κ2) is 9.50. The van der Waals surface area contributed by atoms with Crippen molar-refractivity contribution in [2.75, 3.05) is 18.5 Å². The van der Waals surface area contributed by atoms with E-state index in [4.69, 9.17) is 9.47 Å². The van der Waals surface area contributed by atoms with Gasteiger partial charge in [-0.1, -0.05) is 12.2 Å². The predicted molar refractivity (Wildman–Crippen MR) is 100.0 cm³/mol. The number of anilines is 1. The van der Waals surface area contributed by atoms with E-state index in [2.05, 4.69) is 5.32 Å². The number of carboxylic acids is 1. The standard InChI is InChI=1S/C19H23NO7S/c1-4-26-18(24)13-10(3)14(19(25)27-5-2)28-16(13)20-15(21)11-8-6-7-9-12(11)17(22)23/h6-7,11-12H,4-5,8-9H2,1-3H3,(H,20,21)(H,22,23)/p-1/t11-,12-/m0/s1. The van der Waals surface area contributed by atoms with Crippen LogP contribution in [0.5, 0.6) is 0 Å². The summed E-state index contributed by atoms with van der Waals surface area (Å²) in [4.78, 5) is 48.8. The van der Waals surface area contributed by atoms with E-state index >= 15 is 0 Å². The molecule has 1 aromatic heterocycles. The van der Waals surface area contributed by atoms with Crippen molar-refractivity contribution in [1.29, 1.82) is 0 Å². The van der Waals surface area contributed by atoms with E-state index in [1.807, 2.05) is 0 Å². The van der Waals surface area contributed by atoms with Crippen LogP contribution < -0.4 is 10.4 Å². The van der Waals surface area contributed by atoms with Gasteiger partial charge in [0, 0.05) is 11.9 Å². The molecule has 0 spiro atoms. The van der Waals surface area contributed by atoms with Gasteiger partial charge in [-0.15, -0.1) is 11.3 Å². The Balaban J connectivity index is 2.37. The number of hydrogen-bond acceptors (Lipinski definition) is 8. The van der Waals surface area contributed by atoms with Crippen molar-refractivity contribution in [3.05, 3.63) is 28.2 Å². The minimum atomic E-state index is -1.30. The van der Waals surface area contributed by atoms with Crippen molar-refractivity contribution >= 4 is 40.2 Å². The Morgan fingerprint density at radius 3 is 2.21 bits per heavy atom. The smallest absolute Gasteiger partial charge is 0.348 e. The Morgan fingerprint density at radius 1 is 1.07 bits per heavy atom. The summed E-state index contributed by atoms with van der Waals surface area (Å²) in [6.07, 6.45) is 3.87. The fourth-order valence-corrected chi connectivity index (χ4v) is 4.10. The van der Waals surface area contributed by atoms with Crippen molar-refractivity contribution in [2.45, 2.75) is 33.6 Å². The molecule has 0 aromatic carbocycles. The molecule has 0 fully saturated rings. The molecule has 152 valence electrons. The lowest BCUT2D eigenvalue weighted by Gasteiger charge is -2.28. The molecule has 2 rings (SSSR count). The zero-order valence-electron chi connectivity index (χ0n) is 15.9. The predicted octanol–water partition coefficient (Wildman–Crippen LogP) is 1.68. The molecular formula is C19H22NO7S-. The molecule has 0 aliphatic heterocycles. The van der Waals surface area contributed by atoms with Gasteiger partial charge in [0.05, 0.1) is 24.7 Å². The SMILES string of the molecule is CCOC(=O)c1sc(NC(=O)[C@H]2CC=CC[C@@H]2C(=O)[O-])c(C(=O)OCC)c1C. The van der Waals surface area contributed by atoms with E-state index in [-0.39, 0.29) is 41.5 Å². The summed E-state index contributed by atoms with van der Waals surface area (Å²) in [5, 5.41) is 14.1. The van der Waals surface area contributed by atoms with E-state index < -0.39 is 35.7 Å². The van der Waals surface area contributed by atoms with Gasteiger partial charge in [0.25, 0.3) is 0 Å². The largest absolute Gasteiger partial charge is 0.550 e. The van der Waals surface area contributed by atoms with Crippen LogP contribution in [0.25, 0.3) is 0 Å². The molecule has 8 nitrogen and oxygen atoms in total. The first-order valence-corrected chi connectivity index (χ1v) is 9.77. The van der Waals surface area contributed by atoms with Gasteiger partial charge < -0.3 is 24.7 Å². The second-order valence-corrected chi connectivity index (χ2v) is 7.19. The molecule has 1 aromatic rings. The van der Waals surface area contributed by atoms with Crippen LogP contribution >= 0.6 is 11.3 Å². The molecule has 1 N–H and O–H groups in total. The van der Waals surface area contributed by atoms with Crippen LogP contribution in [0.4, 0.5) is 5.00 Å². The van der Waals surface area contributed by atoms with E-state index in [1.54, 1.807) is 32.9 Å². The summed E-state index contributed by atoms with van der Waals surface area (Å²) in [5.74, 6) is -4.93. The molecule has 0 saturated carbocycles. The number of allylic oxidation sites excluding steroid dienone is 2. The number of nitrogens with one attached hydrogen (secondary N) is 1. The molecule has 28 heavy (non-hydrogen) atoms. The Bertz CT molecular complexity index is 811. The summed E-state index contributed by atoms with van der Waals surface area (Å²) < 4.78 is 10.0. The third-order valence-electron chi connectivity index (χ3n) is 4.40. The fourth-order valence-electron chi connectivity index (χ4n) is 3.01. The van der Waals surface area contributed by atoms with Gasteiger partial charge in [0.15, 0.2) is 0 Å². The average molecular weight is 408 g/mol. The van der Waals surface area contributed by atoms with Crippen LogP contribution in [-0.4, -0.2) is 37.0 Å². The number of rotatable bonds is 7. The summed E-state index contributed by atoms with van der Waals surface area (Å²) in [6, 6.07) is 0. The van der Waals surface area contributed by atoms with Gasteiger partial charge in [0.1, 0.15) is 9.88 Å². The number of carbonyl (C=O) groups excluding carboxylic acids is 4. The summed E-state index contributed by atoms with van der Waals surface area (Å²) >= 11 is 0.902. The number of carboxylic acid groups (broad SMARTS) is 1. The minimum absolute atomic E-state index is 0.0691. The van der Waals surface area contributed by atoms with Gasteiger partial charge in [-0.2, -0.15) is 0 Å². The van der Waals surface area contributed by atoms with Crippen molar-refractivity contribution in [2.24, 2.45) is 11.8 Å². The zero-order valence-corrected chi connectivity index (χ0v) is 16.7. The highest BCUT2D eigenvalue weighted by Gasteiger charge is 2.33. The van der Waals surface area contributed by atoms with Crippen LogP contribution in [-0.2, 0) is 19.1 Å². The first-order valence-electron chi connectivity index (χ1n) is 8.96. The number of hydrogen-bond donors (Lipinski definition) is 1. The molecule has 1 amide bonds. The zero-order chi connectivity index (χ0) is 20.8. The molecule has 0 saturated heterocycles. The first kappa shape index (κ1) is 21.6. The molecule has 2 atom stereocenters. The lowest BCUT2D eigenvalue weighted by molar-refractivity contribution is -0.313. The highest BCUT2D eigenvalue weighted by Crippen LogP contribution is 2.36. The summed E-state index contributed by atoms with van der Waals surface area (Å²) in [6.45, 7) is 5.15. The maximum atomic E-state index is 12.7. The van der Waals surface area contributed by atoms with E-state index in [9.17, 15) is 24.3 Å².